The average Bonchev–Trinajstić information content (AvgIpc) is 3.26. The molecular weight excluding hydrogens is 401 g/mol. The van der Waals surface area contributed by atoms with Gasteiger partial charge in [-0.15, -0.1) is 0 Å². The zero-order valence-corrected chi connectivity index (χ0v) is 17.1. The molecule has 0 radical (unpaired) electrons. The number of hydrogen-bond donors (Lipinski definition) is 1. The molecule has 164 valence electrons. The smallest absolute Gasteiger partial charge is 0.416 e. The number of halogens is 3. The zero-order valence-electron chi connectivity index (χ0n) is 17.1. The van der Waals surface area contributed by atoms with Gasteiger partial charge < -0.3 is 24.1 Å². The SMILES string of the molecule is COc1cc(C2OCCO2)ccc1OCc1ccc(C(C)(C)CO)cc1C(F)(F)F. The van der Waals surface area contributed by atoms with Crippen LogP contribution in [0.25, 0.3) is 0 Å². The molecular formula is C22H25F3O5. The summed E-state index contributed by atoms with van der Waals surface area (Å²) in [7, 11) is 1.45. The first kappa shape index (κ1) is 22.4. The van der Waals surface area contributed by atoms with Crippen LogP contribution in [-0.4, -0.2) is 32.0 Å². The molecule has 3 rings (SSSR count). The average molecular weight is 426 g/mol. The van der Waals surface area contributed by atoms with Gasteiger partial charge in [0.15, 0.2) is 17.8 Å². The van der Waals surface area contributed by atoms with Crippen LogP contribution in [0.2, 0.25) is 0 Å². The second-order valence-corrected chi connectivity index (χ2v) is 7.68. The molecule has 1 heterocycles. The Bertz CT molecular complexity index is 874. The molecule has 1 fully saturated rings. The lowest BCUT2D eigenvalue weighted by molar-refractivity contribution is -0.138. The van der Waals surface area contributed by atoms with Gasteiger partial charge >= 0.3 is 6.18 Å². The molecule has 5 nitrogen and oxygen atoms in total. The first-order chi connectivity index (χ1) is 14.2. The third-order valence-electron chi connectivity index (χ3n) is 5.06. The summed E-state index contributed by atoms with van der Waals surface area (Å²) in [6.07, 6.45) is -5.04. The van der Waals surface area contributed by atoms with Crippen LogP contribution in [0.3, 0.4) is 0 Å². The molecule has 2 aromatic rings. The molecule has 2 aromatic carbocycles. The van der Waals surface area contributed by atoms with Crippen LogP contribution in [0.5, 0.6) is 11.5 Å². The molecule has 1 N–H and O–H groups in total. The van der Waals surface area contributed by atoms with Crippen molar-refractivity contribution in [1.29, 1.82) is 0 Å². The van der Waals surface area contributed by atoms with E-state index in [1.165, 1.54) is 13.2 Å². The molecule has 0 bridgehead atoms. The van der Waals surface area contributed by atoms with E-state index in [4.69, 9.17) is 18.9 Å². The highest BCUT2D eigenvalue weighted by Gasteiger charge is 2.35. The van der Waals surface area contributed by atoms with Gasteiger partial charge in [-0.05, 0) is 23.8 Å². The van der Waals surface area contributed by atoms with Gasteiger partial charge in [-0.2, -0.15) is 13.2 Å². The summed E-state index contributed by atoms with van der Waals surface area (Å²) in [6.45, 7) is 3.80. The number of aliphatic hydroxyl groups is 1. The Hall–Kier alpha value is -2.29. The maximum Gasteiger partial charge on any atom is 0.416 e. The molecule has 1 aliphatic rings. The van der Waals surface area contributed by atoms with E-state index in [0.29, 0.717) is 30.3 Å². The van der Waals surface area contributed by atoms with E-state index < -0.39 is 23.4 Å². The lowest BCUT2D eigenvalue weighted by Gasteiger charge is -2.24. The Kier molecular flexibility index (Phi) is 6.59. The van der Waals surface area contributed by atoms with Crippen LogP contribution in [0.4, 0.5) is 13.2 Å². The van der Waals surface area contributed by atoms with Crippen molar-refractivity contribution in [1.82, 2.24) is 0 Å². The highest BCUT2D eigenvalue weighted by molar-refractivity contribution is 5.44. The van der Waals surface area contributed by atoms with Crippen molar-refractivity contribution in [2.45, 2.75) is 38.3 Å². The van der Waals surface area contributed by atoms with E-state index in [9.17, 15) is 18.3 Å². The summed E-state index contributed by atoms with van der Waals surface area (Å²) in [5, 5.41) is 9.48. The topological polar surface area (TPSA) is 57.2 Å². The maximum absolute atomic E-state index is 13.6. The molecule has 0 spiro atoms. The van der Waals surface area contributed by atoms with Gasteiger partial charge in [0.25, 0.3) is 0 Å². The molecule has 0 aromatic heterocycles. The minimum atomic E-state index is -4.55. The molecule has 0 unspecified atom stereocenters. The predicted molar refractivity (Wildman–Crippen MR) is 104 cm³/mol. The molecule has 1 aliphatic heterocycles. The first-order valence-electron chi connectivity index (χ1n) is 9.51. The van der Waals surface area contributed by atoms with E-state index in [-0.39, 0.29) is 18.8 Å². The fourth-order valence-corrected chi connectivity index (χ4v) is 3.13. The van der Waals surface area contributed by atoms with Crippen molar-refractivity contribution >= 4 is 0 Å². The second-order valence-electron chi connectivity index (χ2n) is 7.68. The standard InChI is InChI=1S/C22H25F3O5/c1-21(2,13-26)16-6-4-15(17(11-16)22(23,24)25)12-30-18-7-5-14(10-19(18)27-3)20-28-8-9-29-20/h4-7,10-11,20,26H,8-9,12-13H2,1-3H3. The third kappa shape index (κ3) is 4.88. The number of methoxy groups -OCH3 is 1. The van der Waals surface area contributed by atoms with Crippen molar-refractivity contribution in [3.05, 3.63) is 58.7 Å². The van der Waals surface area contributed by atoms with Crippen molar-refractivity contribution < 1.29 is 37.2 Å². The molecule has 0 saturated carbocycles. The summed E-state index contributed by atoms with van der Waals surface area (Å²) in [5.41, 5.74) is -0.440. The van der Waals surface area contributed by atoms with E-state index in [2.05, 4.69) is 0 Å². The van der Waals surface area contributed by atoms with E-state index in [1.54, 1.807) is 38.1 Å². The van der Waals surface area contributed by atoms with Crippen molar-refractivity contribution in [2.24, 2.45) is 0 Å². The van der Waals surface area contributed by atoms with Crippen molar-refractivity contribution in [3.63, 3.8) is 0 Å². The Labute approximate surface area is 173 Å². The minimum absolute atomic E-state index is 0.00595. The van der Waals surface area contributed by atoms with E-state index in [1.807, 2.05) is 0 Å². The van der Waals surface area contributed by atoms with E-state index in [0.717, 1.165) is 11.6 Å². The summed E-state index contributed by atoms with van der Waals surface area (Å²) >= 11 is 0. The molecule has 0 atom stereocenters. The fraction of sp³-hybridized carbons (Fsp3) is 0.455. The number of hydrogen-bond acceptors (Lipinski definition) is 5. The number of aliphatic hydroxyl groups excluding tert-OH is 1. The van der Waals surface area contributed by atoms with Gasteiger partial charge in [-0.3, -0.25) is 0 Å². The predicted octanol–water partition coefficient (Wildman–Crippen LogP) is 4.61. The largest absolute Gasteiger partial charge is 0.493 e. The Morgan fingerprint density at radius 3 is 2.33 bits per heavy atom. The van der Waals surface area contributed by atoms with Crippen molar-refractivity contribution in [3.8, 4) is 11.5 Å². The number of alkyl halides is 3. The highest BCUT2D eigenvalue weighted by Crippen LogP contribution is 2.37. The fourth-order valence-electron chi connectivity index (χ4n) is 3.13. The van der Waals surface area contributed by atoms with Gasteiger partial charge in [0.2, 0.25) is 0 Å². The second kappa shape index (κ2) is 8.83. The molecule has 8 heteroatoms. The van der Waals surface area contributed by atoms with Gasteiger partial charge in [0.05, 0.1) is 32.5 Å². The molecule has 1 saturated heterocycles. The van der Waals surface area contributed by atoms with Gasteiger partial charge in [-0.1, -0.05) is 32.0 Å². The maximum atomic E-state index is 13.6. The summed E-state index contributed by atoms with van der Waals surface area (Å²) < 4.78 is 62.8. The Balaban J connectivity index is 1.84. The molecule has 30 heavy (non-hydrogen) atoms. The number of benzene rings is 2. The quantitative estimate of drug-likeness (QED) is 0.701. The Morgan fingerprint density at radius 2 is 1.73 bits per heavy atom. The summed E-state index contributed by atoms with van der Waals surface area (Å²) in [6, 6.07) is 9.07. The van der Waals surface area contributed by atoms with E-state index >= 15 is 0 Å². The normalized spacial score (nSPS) is 15.4. The number of rotatable bonds is 7. The lowest BCUT2D eigenvalue weighted by atomic mass is 9.84. The monoisotopic (exact) mass is 426 g/mol. The van der Waals surface area contributed by atoms with Gasteiger partial charge in [0, 0.05) is 16.5 Å². The lowest BCUT2D eigenvalue weighted by Crippen LogP contribution is -2.23. The van der Waals surface area contributed by atoms with Crippen LogP contribution < -0.4 is 9.47 Å². The minimum Gasteiger partial charge on any atom is -0.493 e. The third-order valence-corrected chi connectivity index (χ3v) is 5.06. The van der Waals surface area contributed by atoms with Crippen LogP contribution in [-0.2, 0) is 27.7 Å². The number of ether oxygens (including phenoxy) is 4. The van der Waals surface area contributed by atoms with Crippen molar-refractivity contribution in [2.75, 3.05) is 26.9 Å². The van der Waals surface area contributed by atoms with Gasteiger partial charge in [0.1, 0.15) is 6.61 Å². The first-order valence-corrected chi connectivity index (χ1v) is 9.51. The summed E-state index contributed by atoms with van der Waals surface area (Å²) in [4.78, 5) is 0. The van der Waals surface area contributed by atoms with Crippen LogP contribution in [0.1, 0.15) is 42.4 Å². The van der Waals surface area contributed by atoms with Crippen LogP contribution in [0.15, 0.2) is 36.4 Å². The molecule has 0 amide bonds. The highest BCUT2D eigenvalue weighted by atomic mass is 19.4. The van der Waals surface area contributed by atoms with Crippen LogP contribution in [0, 0.1) is 0 Å². The van der Waals surface area contributed by atoms with Crippen LogP contribution >= 0.6 is 0 Å². The zero-order chi connectivity index (χ0) is 21.9. The van der Waals surface area contributed by atoms with Gasteiger partial charge in [-0.25, -0.2) is 0 Å². The molecule has 0 aliphatic carbocycles. The Morgan fingerprint density at radius 1 is 1.03 bits per heavy atom. The summed E-state index contributed by atoms with van der Waals surface area (Å²) in [5.74, 6) is 0.685.